The van der Waals surface area contributed by atoms with Crippen LogP contribution in [-0.4, -0.2) is 5.97 Å². The number of esters is 1. The van der Waals surface area contributed by atoms with Crippen LogP contribution < -0.4 is 14.2 Å². The van der Waals surface area contributed by atoms with Crippen LogP contribution >= 0.6 is 63.7 Å². The van der Waals surface area contributed by atoms with Gasteiger partial charge in [0.15, 0.2) is 23.0 Å². The third kappa shape index (κ3) is 2.93. The molecule has 114 valence electrons. The van der Waals surface area contributed by atoms with Gasteiger partial charge in [-0.3, -0.25) is 4.79 Å². The van der Waals surface area contributed by atoms with Gasteiger partial charge in [0.2, 0.25) is 5.75 Å². The fourth-order valence-corrected chi connectivity index (χ4v) is 3.93. The van der Waals surface area contributed by atoms with Crippen molar-refractivity contribution in [1.82, 2.24) is 0 Å². The van der Waals surface area contributed by atoms with Crippen LogP contribution in [-0.2, 0) is 4.79 Å². The van der Waals surface area contributed by atoms with E-state index in [0.29, 0.717) is 31.9 Å². The molecule has 0 radical (unpaired) electrons. The summed E-state index contributed by atoms with van der Waals surface area (Å²) in [5.41, 5.74) is 0. The second-order valence-electron chi connectivity index (χ2n) is 4.34. The largest absolute Gasteiger partial charge is 0.448 e. The molecule has 0 atom stereocenters. The lowest BCUT2D eigenvalue weighted by Crippen LogP contribution is -2.07. The topological polar surface area (TPSA) is 44.8 Å². The van der Waals surface area contributed by atoms with Crippen LogP contribution in [0.25, 0.3) is 0 Å². The van der Waals surface area contributed by atoms with Crippen molar-refractivity contribution >= 4 is 69.7 Å². The Kier molecular flexibility index (Phi) is 4.55. The fraction of sp³-hybridized carbons (Fsp3) is 0.0714. The molecule has 0 fully saturated rings. The van der Waals surface area contributed by atoms with Gasteiger partial charge < -0.3 is 14.2 Å². The van der Waals surface area contributed by atoms with Crippen LogP contribution in [0.3, 0.4) is 0 Å². The maximum Gasteiger partial charge on any atom is 0.308 e. The molecule has 0 aliphatic carbocycles. The number of fused-ring (bicyclic) bond motifs is 2. The van der Waals surface area contributed by atoms with E-state index in [1.165, 1.54) is 6.92 Å². The summed E-state index contributed by atoms with van der Waals surface area (Å²) in [6.07, 6.45) is 0. The third-order valence-corrected chi connectivity index (χ3v) is 5.73. The molecule has 22 heavy (non-hydrogen) atoms. The van der Waals surface area contributed by atoms with Crippen LogP contribution in [0.2, 0.25) is 0 Å². The highest BCUT2D eigenvalue weighted by Gasteiger charge is 2.28. The number of rotatable bonds is 1. The van der Waals surface area contributed by atoms with Crippen molar-refractivity contribution in [2.75, 3.05) is 0 Å². The number of carbonyl (C=O) groups excluding carboxylic acids is 1. The molecule has 0 spiro atoms. The minimum atomic E-state index is -0.453. The molecule has 1 aliphatic rings. The van der Waals surface area contributed by atoms with E-state index >= 15 is 0 Å². The average Bonchev–Trinajstić information content (AvgIpc) is 2.42. The maximum absolute atomic E-state index is 11.3. The number of ether oxygens (including phenoxy) is 3. The van der Waals surface area contributed by atoms with E-state index in [9.17, 15) is 4.79 Å². The number of carbonyl (C=O) groups is 1. The molecular formula is C14H6Br4O4. The van der Waals surface area contributed by atoms with Gasteiger partial charge in [-0.1, -0.05) is 15.9 Å². The van der Waals surface area contributed by atoms with Crippen LogP contribution in [0.15, 0.2) is 36.1 Å². The molecule has 3 rings (SSSR count). The third-order valence-electron chi connectivity index (χ3n) is 2.74. The molecule has 2 aromatic rings. The van der Waals surface area contributed by atoms with E-state index in [4.69, 9.17) is 14.2 Å². The van der Waals surface area contributed by atoms with Crippen LogP contribution in [0.4, 0.5) is 0 Å². The monoisotopic (exact) mass is 554 g/mol. The first-order valence-electron chi connectivity index (χ1n) is 5.92. The van der Waals surface area contributed by atoms with Gasteiger partial charge in [-0.25, -0.2) is 0 Å². The summed E-state index contributed by atoms with van der Waals surface area (Å²) in [6.45, 7) is 1.32. The Morgan fingerprint density at radius 1 is 0.955 bits per heavy atom. The number of benzene rings is 2. The average molecular weight is 558 g/mol. The van der Waals surface area contributed by atoms with Crippen LogP contribution in [0.5, 0.6) is 28.7 Å². The lowest BCUT2D eigenvalue weighted by Gasteiger charge is -2.24. The van der Waals surface area contributed by atoms with Crippen molar-refractivity contribution in [2.24, 2.45) is 0 Å². The molecule has 2 aromatic carbocycles. The summed E-state index contributed by atoms with van der Waals surface area (Å²) < 4.78 is 19.9. The van der Waals surface area contributed by atoms with Crippen molar-refractivity contribution in [3.8, 4) is 28.7 Å². The van der Waals surface area contributed by atoms with E-state index in [2.05, 4.69) is 63.7 Å². The van der Waals surface area contributed by atoms with Crippen molar-refractivity contribution in [2.45, 2.75) is 6.92 Å². The highest BCUT2D eigenvalue weighted by molar-refractivity contribution is 9.13. The first-order valence-corrected chi connectivity index (χ1v) is 9.09. The minimum absolute atomic E-state index is 0.263. The smallest absolute Gasteiger partial charge is 0.308 e. The Morgan fingerprint density at radius 2 is 1.59 bits per heavy atom. The van der Waals surface area contributed by atoms with Gasteiger partial charge >= 0.3 is 5.97 Å². The summed E-state index contributed by atoms with van der Waals surface area (Å²) >= 11 is 13.6. The zero-order valence-electron chi connectivity index (χ0n) is 10.9. The standard InChI is InChI=1S/C14H6Br4O4/c1-5(19)20-14-11(18)7(16)4-10-13(14)22-9-3-6(15)2-8(17)12(9)21-10/h2-4H,1H3. The Labute approximate surface area is 159 Å². The Morgan fingerprint density at radius 3 is 2.27 bits per heavy atom. The lowest BCUT2D eigenvalue weighted by molar-refractivity contribution is -0.132. The molecule has 0 saturated carbocycles. The Bertz CT molecular complexity index is 804. The summed E-state index contributed by atoms with van der Waals surface area (Å²) in [7, 11) is 0. The van der Waals surface area contributed by atoms with Crippen molar-refractivity contribution < 1.29 is 19.0 Å². The molecule has 0 N–H and O–H groups in total. The molecule has 1 heterocycles. The quantitative estimate of drug-likeness (QED) is 0.251. The van der Waals surface area contributed by atoms with Gasteiger partial charge in [0.1, 0.15) is 0 Å². The van der Waals surface area contributed by atoms with Gasteiger partial charge in [0.05, 0.1) is 8.95 Å². The van der Waals surface area contributed by atoms with Gasteiger partial charge in [-0.05, 0) is 59.9 Å². The Balaban J connectivity index is 2.18. The summed E-state index contributed by atoms with van der Waals surface area (Å²) in [5.74, 6) is 1.66. The summed E-state index contributed by atoms with van der Waals surface area (Å²) in [4.78, 5) is 11.3. The second kappa shape index (κ2) is 6.14. The highest BCUT2D eigenvalue weighted by atomic mass is 79.9. The molecule has 1 aliphatic heterocycles. The molecule has 4 nitrogen and oxygen atoms in total. The maximum atomic E-state index is 11.3. The predicted octanol–water partition coefficient (Wildman–Crippen LogP) is 6.56. The number of hydrogen-bond acceptors (Lipinski definition) is 4. The second-order valence-corrected chi connectivity index (χ2v) is 7.76. The van der Waals surface area contributed by atoms with E-state index in [1.54, 1.807) is 12.1 Å². The lowest BCUT2D eigenvalue weighted by atomic mass is 10.2. The summed E-state index contributed by atoms with van der Waals surface area (Å²) in [6, 6.07) is 5.37. The van der Waals surface area contributed by atoms with Gasteiger partial charge in [0.25, 0.3) is 0 Å². The van der Waals surface area contributed by atoms with E-state index < -0.39 is 5.97 Å². The molecule has 0 aromatic heterocycles. The zero-order chi connectivity index (χ0) is 16.0. The van der Waals surface area contributed by atoms with Crippen molar-refractivity contribution in [1.29, 1.82) is 0 Å². The first kappa shape index (κ1) is 16.3. The van der Waals surface area contributed by atoms with Gasteiger partial charge in [-0.15, -0.1) is 0 Å². The van der Waals surface area contributed by atoms with Crippen LogP contribution in [0, 0.1) is 0 Å². The number of hydrogen-bond donors (Lipinski definition) is 0. The molecule has 0 saturated heterocycles. The van der Waals surface area contributed by atoms with E-state index in [0.717, 1.165) is 8.95 Å². The molecule has 0 bridgehead atoms. The summed E-state index contributed by atoms with van der Waals surface area (Å²) in [5, 5.41) is 0. The van der Waals surface area contributed by atoms with Crippen molar-refractivity contribution in [3.63, 3.8) is 0 Å². The highest BCUT2D eigenvalue weighted by Crippen LogP contribution is 2.56. The zero-order valence-corrected chi connectivity index (χ0v) is 17.2. The molecule has 0 amide bonds. The molecular weight excluding hydrogens is 552 g/mol. The van der Waals surface area contributed by atoms with E-state index in [1.807, 2.05) is 6.07 Å². The number of halogens is 4. The van der Waals surface area contributed by atoms with Gasteiger partial charge in [-0.2, -0.15) is 0 Å². The molecule has 0 unspecified atom stereocenters. The molecule has 8 heteroatoms. The first-order chi connectivity index (χ1) is 10.4. The van der Waals surface area contributed by atoms with Crippen molar-refractivity contribution in [3.05, 3.63) is 36.1 Å². The van der Waals surface area contributed by atoms with Gasteiger partial charge in [0, 0.05) is 21.9 Å². The predicted molar refractivity (Wildman–Crippen MR) is 95.1 cm³/mol. The normalized spacial score (nSPS) is 11.9. The Hall–Kier alpha value is -0.570. The minimum Gasteiger partial charge on any atom is -0.448 e. The SMILES string of the molecule is CC(=O)Oc1c(Br)c(Br)cc2c1Oc1cc(Br)cc(Br)c1O2. The van der Waals surface area contributed by atoms with E-state index in [-0.39, 0.29) is 5.75 Å². The van der Waals surface area contributed by atoms with Crippen LogP contribution in [0.1, 0.15) is 6.92 Å². The fourth-order valence-electron chi connectivity index (χ4n) is 1.90.